The lowest BCUT2D eigenvalue weighted by Crippen LogP contribution is -2.52. The Bertz CT molecular complexity index is 497. The van der Waals surface area contributed by atoms with Gasteiger partial charge >= 0.3 is 12.0 Å². The minimum absolute atomic E-state index is 0.500. The lowest BCUT2D eigenvalue weighted by molar-refractivity contribution is -0.146. The summed E-state index contributed by atoms with van der Waals surface area (Å²) in [6, 6.07) is 4.88. The van der Waals surface area contributed by atoms with Crippen molar-refractivity contribution in [2.75, 3.05) is 12.4 Å². The van der Waals surface area contributed by atoms with Crippen LogP contribution in [-0.2, 0) is 4.79 Å². The van der Waals surface area contributed by atoms with E-state index in [9.17, 15) is 9.59 Å². The first-order chi connectivity index (χ1) is 8.67. The van der Waals surface area contributed by atoms with Crippen LogP contribution in [0.15, 0.2) is 27.1 Å². The number of carboxylic acid groups (broad SMARTS) is 1. The third-order valence-electron chi connectivity index (χ3n) is 2.86. The molecular formula is C12H14Br2N2O3. The van der Waals surface area contributed by atoms with Crippen molar-refractivity contribution in [2.24, 2.45) is 0 Å². The Kier molecular flexibility index (Phi) is 4.98. The number of carboxylic acids is 1. The van der Waals surface area contributed by atoms with Gasteiger partial charge in [0, 0.05) is 16.0 Å². The molecule has 0 fully saturated rings. The van der Waals surface area contributed by atoms with Gasteiger partial charge in [0.1, 0.15) is 5.54 Å². The van der Waals surface area contributed by atoms with E-state index < -0.39 is 17.5 Å². The Hall–Kier alpha value is -1.08. The molecule has 0 aliphatic rings. The summed E-state index contributed by atoms with van der Waals surface area (Å²) in [6.07, 6.45) is 0. The predicted octanol–water partition coefficient (Wildman–Crippen LogP) is 3.54. The molecule has 0 unspecified atom stereocenters. The molecule has 19 heavy (non-hydrogen) atoms. The molecule has 0 spiro atoms. The monoisotopic (exact) mass is 392 g/mol. The number of para-hydroxylation sites is 1. The van der Waals surface area contributed by atoms with Crippen LogP contribution in [0.25, 0.3) is 0 Å². The molecule has 0 bridgehead atoms. The molecule has 0 aliphatic heterocycles. The van der Waals surface area contributed by atoms with Crippen LogP contribution in [0.5, 0.6) is 0 Å². The summed E-state index contributed by atoms with van der Waals surface area (Å²) >= 11 is 6.65. The van der Waals surface area contributed by atoms with E-state index in [0.717, 1.165) is 4.90 Å². The fourth-order valence-electron chi connectivity index (χ4n) is 1.21. The molecule has 0 aliphatic carbocycles. The largest absolute Gasteiger partial charge is 0.480 e. The van der Waals surface area contributed by atoms with Gasteiger partial charge in [-0.25, -0.2) is 9.59 Å². The van der Waals surface area contributed by atoms with Crippen LogP contribution in [0.4, 0.5) is 10.5 Å². The van der Waals surface area contributed by atoms with Gasteiger partial charge in [0.2, 0.25) is 0 Å². The number of anilines is 1. The number of urea groups is 1. The van der Waals surface area contributed by atoms with Crippen molar-refractivity contribution < 1.29 is 14.7 Å². The Morgan fingerprint density at radius 3 is 2.16 bits per heavy atom. The highest BCUT2D eigenvalue weighted by atomic mass is 79.9. The number of hydrogen-bond donors (Lipinski definition) is 2. The van der Waals surface area contributed by atoms with Crippen molar-refractivity contribution in [3.8, 4) is 0 Å². The van der Waals surface area contributed by atoms with Gasteiger partial charge in [0.15, 0.2) is 0 Å². The number of halogens is 2. The van der Waals surface area contributed by atoms with Gasteiger partial charge < -0.3 is 15.3 Å². The molecule has 0 radical (unpaired) electrons. The summed E-state index contributed by atoms with van der Waals surface area (Å²) < 4.78 is 1.41. The molecule has 0 saturated carbocycles. The smallest absolute Gasteiger partial charge is 0.329 e. The number of nitrogens with zero attached hydrogens (tertiary/aromatic N) is 1. The van der Waals surface area contributed by atoms with E-state index in [-0.39, 0.29) is 0 Å². The lowest BCUT2D eigenvalue weighted by Gasteiger charge is -2.31. The molecule has 7 heteroatoms. The van der Waals surface area contributed by atoms with Gasteiger partial charge in [-0.2, -0.15) is 0 Å². The second kappa shape index (κ2) is 5.92. The van der Waals surface area contributed by atoms with E-state index in [1.807, 2.05) is 6.07 Å². The number of hydrogen-bond acceptors (Lipinski definition) is 2. The van der Waals surface area contributed by atoms with Crippen molar-refractivity contribution in [1.29, 1.82) is 0 Å². The molecule has 0 atom stereocenters. The van der Waals surface area contributed by atoms with Crippen LogP contribution in [0.1, 0.15) is 13.8 Å². The third kappa shape index (κ3) is 3.48. The van der Waals surface area contributed by atoms with Gasteiger partial charge in [-0.15, -0.1) is 0 Å². The number of amides is 2. The van der Waals surface area contributed by atoms with E-state index >= 15 is 0 Å². The zero-order chi connectivity index (χ0) is 14.8. The van der Waals surface area contributed by atoms with Crippen molar-refractivity contribution in [2.45, 2.75) is 19.4 Å². The highest BCUT2D eigenvalue weighted by Gasteiger charge is 2.35. The molecule has 104 valence electrons. The predicted molar refractivity (Wildman–Crippen MR) is 80.3 cm³/mol. The van der Waals surface area contributed by atoms with E-state index in [4.69, 9.17) is 5.11 Å². The van der Waals surface area contributed by atoms with Gasteiger partial charge in [-0.1, -0.05) is 6.07 Å². The lowest BCUT2D eigenvalue weighted by atomic mass is 10.1. The topological polar surface area (TPSA) is 69.6 Å². The minimum atomic E-state index is -1.29. The Morgan fingerprint density at radius 2 is 1.74 bits per heavy atom. The number of benzene rings is 1. The fourth-order valence-corrected chi connectivity index (χ4v) is 2.40. The quantitative estimate of drug-likeness (QED) is 0.825. The molecule has 1 aromatic carbocycles. The number of carbonyl (C=O) groups excluding carboxylic acids is 1. The summed E-state index contributed by atoms with van der Waals surface area (Å²) in [6.45, 7) is 2.92. The summed E-state index contributed by atoms with van der Waals surface area (Å²) in [5, 5.41) is 11.8. The Labute approximate surface area is 128 Å². The van der Waals surface area contributed by atoms with E-state index in [1.54, 1.807) is 12.1 Å². The first kappa shape index (κ1) is 16.0. The molecule has 2 amide bonds. The zero-order valence-corrected chi connectivity index (χ0v) is 13.9. The molecule has 5 nitrogen and oxygen atoms in total. The molecule has 0 heterocycles. The van der Waals surface area contributed by atoms with Gasteiger partial charge in [0.05, 0.1) is 5.69 Å². The van der Waals surface area contributed by atoms with Gasteiger partial charge in [-0.3, -0.25) is 0 Å². The summed E-state index contributed by atoms with van der Waals surface area (Å²) in [5.41, 5.74) is -0.738. The average molecular weight is 394 g/mol. The number of aliphatic carboxylic acids is 1. The van der Waals surface area contributed by atoms with Crippen LogP contribution < -0.4 is 5.32 Å². The molecule has 1 rings (SSSR count). The zero-order valence-electron chi connectivity index (χ0n) is 10.7. The fraction of sp³-hybridized carbons (Fsp3) is 0.333. The summed E-state index contributed by atoms with van der Waals surface area (Å²) in [5.74, 6) is -1.07. The van der Waals surface area contributed by atoms with Crippen LogP contribution >= 0.6 is 31.9 Å². The van der Waals surface area contributed by atoms with Crippen LogP contribution in [-0.4, -0.2) is 34.6 Å². The third-order valence-corrected chi connectivity index (χ3v) is 4.18. The van der Waals surface area contributed by atoms with Gasteiger partial charge in [0.25, 0.3) is 0 Å². The molecular weight excluding hydrogens is 380 g/mol. The number of likely N-dealkylation sites (N-methyl/N-ethyl adjacent to an activating group) is 1. The first-order valence-electron chi connectivity index (χ1n) is 5.40. The minimum Gasteiger partial charge on any atom is -0.480 e. The van der Waals surface area contributed by atoms with Crippen LogP contribution in [0, 0.1) is 0 Å². The van der Waals surface area contributed by atoms with Crippen molar-refractivity contribution in [1.82, 2.24) is 4.90 Å². The number of nitrogens with one attached hydrogen (secondary N) is 1. The standard InChI is InChI=1S/C12H14Br2N2O3/c1-12(2,10(17)18)16(3)11(19)15-9-7(13)5-4-6-8(9)14/h4-6H,1-3H3,(H,15,19)(H,17,18). The highest BCUT2D eigenvalue weighted by molar-refractivity contribution is 9.11. The Balaban J connectivity index is 2.95. The normalized spacial score (nSPS) is 11.0. The molecule has 2 N–H and O–H groups in total. The van der Waals surface area contributed by atoms with Crippen LogP contribution in [0.2, 0.25) is 0 Å². The van der Waals surface area contributed by atoms with Crippen molar-refractivity contribution in [3.63, 3.8) is 0 Å². The summed E-state index contributed by atoms with van der Waals surface area (Å²) in [7, 11) is 1.44. The Morgan fingerprint density at radius 1 is 1.26 bits per heavy atom. The van der Waals surface area contributed by atoms with E-state index in [1.165, 1.54) is 20.9 Å². The molecule has 0 saturated heterocycles. The second-order valence-electron chi connectivity index (χ2n) is 4.45. The second-order valence-corrected chi connectivity index (χ2v) is 6.16. The molecule has 1 aromatic rings. The van der Waals surface area contributed by atoms with Crippen LogP contribution in [0.3, 0.4) is 0 Å². The summed E-state index contributed by atoms with van der Waals surface area (Å²) in [4.78, 5) is 24.3. The maximum atomic E-state index is 12.1. The molecule has 0 aromatic heterocycles. The number of carbonyl (C=O) groups is 2. The maximum Gasteiger partial charge on any atom is 0.329 e. The van der Waals surface area contributed by atoms with E-state index in [0.29, 0.717) is 14.6 Å². The first-order valence-corrected chi connectivity index (χ1v) is 6.98. The van der Waals surface area contributed by atoms with E-state index in [2.05, 4.69) is 37.2 Å². The van der Waals surface area contributed by atoms with Gasteiger partial charge in [-0.05, 0) is 57.8 Å². The van der Waals surface area contributed by atoms with Crippen molar-refractivity contribution >= 4 is 49.5 Å². The van der Waals surface area contributed by atoms with Crippen molar-refractivity contribution in [3.05, 3.63) is 27.1 Å². The maximum absolute atomic E-state index is 12.1. The average Bonchev–Trinajstić information content (AvgIpc) is 2.32. The SMILES string of the molecule is CN(C(=O)Nc1c(Br)cccc1Br)C(C)(C)C(=O)O. The number of rotatable bonds is 3. The highest BCUT2D eigenvalue weighted by Crippen LogP contribution is 2.31.